The van der Waals surface area contributed by atoms with Crippen LogP contribution >= 0.6 is 0 Å². The molecular weight excluding hydrogens is 306 g/mol. The van der Waals surface area contributed by atoms with Gasteiger partial charge in [0.2, 0.25) is 0 Å². The first kappa shape index (κ1) is 17.1. The predicted molar refractivity (Wildman–Crippen MR) is 93.9 cm³/mol. The van der Waals surface area contributed by atoms with Crippen LogP contribution in [0.25, 0.3) is 6.08 Å². The molecule has 0 aromatic heterocycles. The maximum Gasteiger partial charge on any atom is 0.273 e. The molecular formula is C18H17N3O3. The van der Waals surface area contributed by atoms with Crippen LogP contribution in [0.5, 0.6) is 0 Å². The molecule has 0 bridgehead atoms. The lowest BCUT2D eigenvalue weighted by Gasteiger charge is -2.02. The molecule has 0 heterocycles. The molecule has 0 aliphatic carbocycles. The molecule has 2 aromatic rings. The summed E-state index contributed by atoms with van der Waals surface area (Å²) in [6, 6.07) is 14.0. The number of hydrogen-bond donors (Lipinski definition) is 1. The van der Waals surface area contributed by atoms with Gasteiger partial charge in [0.05, 0.1) is 11.1 Å². The Bertz CT molecular complexity index is 812. The summed E-state index contributed by atoms with van der Waals surface area (Å²) in [5, 5.41) is 14.8. The molecule has 0 aliphatic heterocycles. The fraction of sp³-hybridized carbons (Fsp3) is 0.111. The van der Waals surface area contributed by atoms with Gasteiger partial charge < -0.3 is 0 Å². The zero-order chi connectivity index (χ0) is 17.5. The number of nitrogens with one attached hydrogen (secondary N) is 1. The third kappa shape index (κ3) is 4.61. The van der Waals surface area contributed by atoms with Gasteiger partial charge in [-0.2, -0.15) is 5.10 Å². The minimum absolute atomic E-state index is 0.0909. The molecule has 2 aromatic carbocycles. The molecule has 0 saturated carbocycles. The minimum Gasteiger partial charge on any atom is -0.267 e. The van der Waals surface area contributed by atoms with E-state index in [1.807, 2.05) is 43.3 Å². The van der Waals surface area contributed by atoms with Crippen molar-refractivity contribution in [3.63, 3.8) is 0 Å². The van der Waals surface area contributed by atoms with Crippen molar-refractivity contribution in [2.45, 2.75) is 13.8 Å². The Balaban J connectivity index is 2.04. The number of carbonyl (C=O) groups excluding carboxylic acids is 1. The van der Waals surface area contributed by atoms with E-state index in [4.69, 9.17) is 0 Å². The maximum atomic E-state index is 12.0. The first-order valence-electron chi connectivity index (χ1n) is 7.29. The first-order valence-corrected chi connectivity index (χ1v) is 7.29. The van der Waals surface area contributed by atoms with Crippen molar-refractivity contribution in [1.82, 2.24) is 5.43 Å². The summed E-state index contributed by atoms with van der Waals surface area (Å²) in [5.74, 6) is -0.498. The van der Waals surface area contributed by atoms with Crippen molar-refractivity contribution < 1.29 is 9.72 Å². The van der Waals surface area contributed by atoms with Crippen LogP contribution in [0, 0.1) is 17.0 Å². The number of rotatable bonds is 5. The van der Waals surface area contributed by atoms with Gasteiger partial charge in [-0.15, -0.1) is 0 Å². The molecule has 122 valence electrons. The van der Waals surface area contributed by atoms with E-state index in [-0.39, 0.29) is 11.3 Å². The van der Waals surface area contributed by atoms with Crippen LogP contribution in [0.15, 0.2) is 59.2 Å². The van der Waals surface area contributed by atoms with E-state index in [1.54, 1.807) is 6.92 Å². The van der Waals surface area contributed by atoms with Crippen LogP contribution in [-0.4, -0.2) is 17.0 Å². The SMILES string of the molecule is CC(=C/c1ccccc1)/C=N/NC(=O)c1ccc(C)c([N+](=O)[O-])c1. The van der Waals surface area contributed by atoms with E-state index >= 15 is 0 Å². The summed E-state index contributed by atoms with van der Waals surface area (Å²) < 4.78 is 0. The van der Waals surface area contributed by atoms with Crippen molar-refractivity contribution in [3.05, 3.63) is 80.9 Å². The third-order valence-corrected chi connectivity index (χ3v) is 3.30. The molecule has 0 saturated heterocycles. The van der Waals surface area contributed by atoms with Crippen molar-refractivity contribution >= 4 is 23.9 Å². The minimum atomic E-state index is -0.512. The zero-order valence-electron chi connectivity index (χ0n) is 13.4. The predicted octanol–water partition coefficient (Wildman–Crippen LogP) is 3.72. The van der Waals surface area contributed by atoms with Gasteiger partial charge in [-0.3, -0.25) is 14.9 Å². The van der Waals surface area contributed by atoms with Crippen molar-refractivity contribution in [2.75, 3.05) is 0 Å². The first-order chi connectivity index (χ1) is 11.5. The number of nitro groups is 1. The average Bonchev–Trinajstić information content (AvgIpc) is 2.55. The molecule has 6 heteroatoms. The smallest absolute Gasteiger partial charge is 0.267 e. The zero-order valence-corrected chi connectivity index (χ0v) is 13.4. The standard InChI is InChI=1S/C18H17N3O3/c1-13(10-15-6-4-3-5-7-15)12-19-20-18(22)16-9-8-14(2)17(11-16)21(23)24/h3-12H,1-2H3,(H,20,22)/b13-10-,19-12+. The lowest BCUT2D eigenvalue weighted by atomic mass is 10.1. The Labute approximate surface area is 139 Å². The van der Waals surface area contributed by atoms with E-state index < -0.39 is 10.8 Å². The number of aryl methyl sites for hydroxylation is 1. The second-order valence-corrected chi connectivity index (χ2v) is 5.26. The van der Waals surface area contributed by atoms with Crippen LogP contribution in [0.3, 0.4) is 0 Å². The Morgan fingerprint density at radius 2 is 1.92 bits per heavy atom. The molecule has 0 fully saturated rings. The van der Waals surface area contributed by atoms with Gasteiger partial charge in [-0.1, -0.05) is 42.5 Å². The van der Waals surface area contributed by atoms with E-state index in [1.165, 1.54) is 24.4 Å². The summed E-state index contributed by atoms with van der Waals surface area (Å²) in [4.78, 5) is 22.4. The van der Waals surface area contributed by atoms with Crippen LogP contribution in [-0.2, 0) is 0 Å². The van der Waals surface area contributed by atoms with Crippen LogP contribution in [0.1, 0.15) is 28.4 Å². The molecule has 6 nitrogen and oxygen atoms in total. The van der Waals surface area contributed by atoms with Crippen molar-refractivity contribution in [1.29, 1.82) is 0 Å². The highest BCUT2D eigenvalue weighted by atomic mass is 16.6. The van der Waals surface area contributed by atoms with Gasteiger partial charge in [-0.05, 0) is 31.1 Å². The normalized spacial score (nSPS) is 11.5. The molecule has 0 aliphatic rings. The molecule has 24 heavy (non-hydrogen) atoms. The second kappa shape index (κ2) is 7.82. The summed E-state index contributed by atoms with van der Waals surface area (Å²) in [6.45, 7) is 3.48. The largest absolute Gasteiger partial charge is 0.273 e. The molecule has 0 radical (unpaired) electrons. The lowest BCUT2D eigenvalue weighted by Crippen LogP contribution is -2.17. The third-order valence-electron chi connectivity index (χ3n) is 3.30. The highest BCUT2D eigenvalue weighted by Gasteiger charge is 2.14. The molecule has 0 spiro atoms. The van der Waals surface area contributed by atoms with E-state index in [0.29, 0.717) is 5.56 Å². The van der Waals surface area contributed by atoms with Crippen LogP contribution < -0.4 is 5.43 Å². The Hall–Kier alpha value is -3.28. The van der Waals surface area contributed by atoms with E-state index in [0.717, 1.165) is 11.1 Å². The van der Waals surface area contributed by atoms with Gasteiger partial charge in [0.1, 0.15) is 0 Å². The number of allylic oxidation sites excluding steroid dienone is 1. The number of amides is 1. The van der Waals surface area contributed by atoms with Crippen LogP contribution in [0.4, 0.5) is 5.69 Å². The number of nitrogens with zero attached hydrogens (tertiary/aromatic N) is 2. The van der Waals surface area contributed by atoms with Crippen LogP contribution in [0.2, 0.25) is 0 Å². The summed E-state index contributed by atoms with van der Waals surface area (Å²) in [6.07, 6.45) is 3.44. The number of hydrogen-bond acceptors (Lipinski definition) is 4. The highest BCUT2D eigenvalue weighted by Crippen LogP contribution is 2.19. The monoisotopic (exact) mass is 323 g/mol. The number of nitro benzene ring substituents is 1. The van der Waals surface area contributed by atoms with E-state index in [9.17, 15) is 14.9 Å². The summed E-state index contributed by atoms with van der Waals surface area (Å²) >= 11 is 0. The fourth-order valence-corrected chi connectivity index (χ4v) is 2.05. The Kier molecular flexibility index (Phi) is 5.57. The number of benzene rings is 2. The second-order valence-electron chi connectivity index (χ2n) is 5.26. The lowest BCUT2D eigenvalue weighted by molar-refractivity contribution is -0.385. The molecule has 1 N–H and O–H groups in total. The fourth-order valence-electron chi connectivity index (χ4n) is 2.05. The van der Waals surface area contributed by atoms with Gasteiger partial charge in [0.15, 0.2) is 0 Å². The van der Waals surface area contributed by atoms with Gasteiger partial charge >= 0.3 is 0 Å². The molecule has 1 amide bonds. The van der Waals surface area contributed by atoms with Crippen molar-refractivity contribution in [3.8, 4) is 0 Å². The topological polar surface area (TPSA) is 84.6 Å². The molecule has 0 unspecified atom stereocenters. The summed E-state index contributed by atoms with van der Waals surface area (Å²) in [7, 11) is 0. The van der Waals surface area contributed by atoms with Gasteiger partial charge in [0, 0.05) is 17.2 Å². The Morgan fingerprint density at radius 3 is 2.58 bits per heavy atom. The summed E-state index contributed by atoms with van der Waals surface area (Å²) in [5.41, 5.74) is 4.86. The maximum absolute atomic E-state index is 12.0. The molecule has 2 rings (SSSR count). The number of carbonyl (C=O) groups is 1. The van der Waals surface area contributed by atoms with Gasteiger partial charge in [-0.25, -0.2) is 5.43 Å². The number of hydrazone groups is 1. The van der Waals surface area contributed by atoms with Crippen molar-refractivity contribution in [2.24, 2.45) is 5.10 Å². The highest BCUT2D eigenvalue weighted by molar-refractivity contribution is 5.95. The average molecular weight is 323 g/mol. The quantitative estimate of drug-likeness (QED) is 0.517. The molecule has 0 atom stereocenters. The van der Waals surface area contributed by atoms with E-state index in [2.05, 4.69) is 10.5 Å². The van der Waals surface area contributed by atoms with Gasteiger partial charge in [0.25, 0.3) is 11.6 Å². The Morgan fingerprint density at radius 1 is 1.21 bits per heavy atom.